The minimum Gasteiger partial charge on any atom is -0.350 e. The lowest BCUT2D eigenvalue weighted by atomic mass is 10.1. The Bertz CT molecular complexity index is 581. The fourth-order valence-electron chi connectivity index (χ4n) is 3.42. The van der Waals surface area contributed by atoms with Crippen molar-refractivity contribution >= 4 is 17.5 Å². The Morgan fingerprint density at radius 1 is 1.43 bits per heavy atom. The van der Waals surface area contributed by atoms with Gasteiger partial charge in [0.15, 0.2) is 0 Å². The second-order valence-corrected chi connectivity index (χ2v) is 6.53. The monoisotopic (exact) mass is 315 g/mol. The van der Waals surface area contributed by atoms with Gasteiger partial charge in [-0.1, -0.05) is 12.1 Å². The molecule has 2 N–H and O–H groups in total. The van der Waals surface area contributed by atoms with E-state index in [1.54, 1.807) is 0 Å². The molecule has 124 valence electrons. The highest BCUT2D eigenvalue weighted by atomic mass is 16.2. The molecule has 5 nitrogen and oxygen atoms in total. The number of nitrogens with one attached hydrogen (secondary N) is 2. The molecular weight excluding hydrogens is 290 g/mol. The summed E-state index contributed by atoms with van der Waals surface area (Å²) in [7, 11) is 0. The summed E-state index contributed by atoms with van der Waals surface area (Å²) in [5, 5.41) is 6.42. The van der Waals surface area contributed by atoms with Crippen LogP contribution in [0.25, 0.3) is 0 Å². The van der Waals surface area contributed by atoms with Crippen molar-refractivity contribution in [1.29, 1.82) is 0 Å². The Morgan fingerprint density at radius 3 is 3.00 bits per heavy atom. The lowest BCUT2D eigenvalue weighted by Gasteiger charge is -2.20. The van der Waals surface area contributed by atoms with Crippen LogP contribution in [0.2, 0.25) is 0 Å². The SMILES string of the molecule is CC(NC(=O)CC1CCCN1)c1cccc(N2CCCC2=O)c1. The average Bonchev–Trinajstić information content (AvgIpc) is 3.19. The molecule has 0 aliphatic carbocycles. The van der Waals surface area contributed by atoms with E-state index >= 15 is 0 Å². The fourth-order valence-corrected chi connectivity index (χ4v) is 3.42. The van der Waals surface area contributed by atoms with Gasteiger partial charge >= 0.3 is 0 Å². The normalized spacial score (nSPS) is 22.4. The van der Waals surface area contributed by atoms with Crippen LogP contribution in [0.1, 0.15) is 50.6 Å². The van der Waals surface area contributed by atoms with Crippen LogP contribution in [0, 0.1) is 0 Å². The number of amides is 2. The third-order valence-corrected chi connectivity index (χ3v) is 4.73. The highest BCUT2D eigenvalue weighted by Gasteiger charge is 2.23. The standard InChI is InChI=1S/C18H25N3O2/c1-13(20-17(22)12-15-6-3-9-19-15)14-5-2-7-16(11-14)21-10-4-8-18(21)23/h2,5,7,11,13,15,19H,3-4,6,8-10,12H2,1H3,(H,20,22). The second kappa shape index (κ2) is 7.13. The van der Waals surface area contributed by atoms with Crippen molar-refractivity contribution in [3.63, 3.8) is 0 Å². The number of hydrogen-bond donors (Lipinski definition) is 2. The maximum absolute atomic E-state index is 12.2. The molecule has 0 saturated carbocycles. The van der Waals surface area contributed by atoms with E-state index < -0.39 is 0 Å². The summed E-state index contributed by atoms with van der Waals surface area (Å²) in [4.78, 5) is 25.9. The van der Waals surface area contributed by atoms with Crippen LogP contribution >= 0.6 is 0 Å². The lowest BCUT2D eigenvalue weighted by molar-refractivity contribution is -0.122. The van der Waals surface area contributed by atoms with Crippen LogP contribution in [-0.4, -0.2) is 30.9 Å². The van der Waals surface area contributed by atoms with Crippen LogP contribution in [0.3, 0.4) is 0 Å². The van der Waals surface area contributed by atoms with Crippen molar-refractivity contribution in [2.24, 2.45) is 0 Å². The third kappa shape index (κ3) is 3.91. The number of hydrogen-bond acceptors (Lipinski definition) is 3. The van der Waals surface area contributed by atoms with Crippen LogP contribution in [0.4, 0.5) is 5.69 Å². The predicted molar refractivity (Wildman–Crippen MR) is 90.2 cm³/mol. The Balaban J connectivity index is 1.61. The molecule has 2 fully saturated rings. The van der Waals surface area contributed by atoms with Crippen molar-refractivity contribution in [1.82, 2.24) is 10.6 Å². The van der Waals surface area contributed by atoms with Crippen LogP contribution in [0.5, 0.6) is 0 Å². The number of carbonyl (C=O) groups is 2. The molecule has 2 heterocycles. The number of carbonyl (C=O) groups excluding carboxylic acids is 2. The van der Waals surface area contributed by atoms with Gasteiger partial charge in [-0.15, -0.1) is 0 Å². The molecule has 23 heavy (non-hydrogen) atoms. The molecule has 5 heteroatoms. The van der Waals surface area contributed by atoms with Crippen molar-refractivity contribution in [3.8, 4) is 0 Å². The summed E-state index contributed by atoms with van der Waals surface area (Å²) in [6.07, 6.45) is 4.32. The van der Waals surface area contributed by atoms with Crippen molar-refractivity contribution in [2.45, 2.75) is 51.1 Å². The van der Waals surface area contributed by atoms with Gasteiger partial charge in [-0.3, -0.25) is 9.59 Å². The van der Waals surface area contributed by atoms with E-state index in [1.807, 2.05) is 36.1 Å². The molecule has 2 aliphatic heterocycles. The van der Waals surface area contributed by atoms with Gasteiger partial charge in [-0.05, 0) is 50.4 Å². The largest absolute Gasteiger partial charge is 0.350 e. The molecule has 0 radical (unpaired) electrons. The topological polar surface area (TPSA) is 61.4 Å². The van der Waals surface area contributed by atoms with E-state index in [-0.39, 0.29) is 17.9 Å². The average molecular weight is 315 g/mol. The first-order chi connectivity index (χ1) is 11.1. The molecule has 0 bridgehead atoms. The minimum absolute atomic E-state index is 0.0541. The third-order valence-electron chi connectivity index (χ3n) is 4.73. The van der Waals surface area contributed by atoms with Gasteiger partial charge in [-0.25, -0.2) is 0 Å². The van der Waals surface area contributed by atoms with Gasteiger partial charge in [0.05, 0.1) is 6.04 Å². The Kier molecular flexibility index (Phi) is 4.96. The maximum Gasteiger partial charge on any atom is 0.227 e. The Hall–Kier alpha value is -1.88. The summed E-state index contributed by atoms with van der Waals surface area (Å²) >= 11 is 0. The van der Waals surface area contributed by atoms with E-state index in [0.29, 0.717) is 18.9 Å². The van der Waals surface area contributed by atoms with Gasteiger partial charge in [0.25, 0.3) is 0 Å². The number of rotatable bonds is 5. The van der Waals surface area contributed by atoms with Gasteiger partial charge in [-0.2, -0.15) is 0 Å². The van der Waals surface area contributed by atoms with Crippen LogP contribution in [-0.2, 0) is 9.59 Å². The number of nitrogens with zero attached hydrogens (tertiary/aromatic N) is 1. The zero-order chi connectivity index (χ0) is 16.2. The Labute approximate surface area is 137 Å². The van der Waals surface area contributed by atoms with Gasteiger partial charge in [0.1, 0.15) is 0 Å². The summed E-state index contributed by atoms with van der Waals surface area (Å²) in [5.41, 5.74) is 1.97. The van der Waals surface area contributed by atoms with Crippen molar-refractivity contribution < 1.29 is 9.59 Å². The Morgan fingerprint density at radius 2 is 2.30 bits per heavy atom. The van der Waals surface area contributed by atoms with E-state index in [2.05, 4.69) is 10.6 Å². The molecule has 2 amide bonds. The maximum atomic E-state index is 12.2. The molecule has 2 aliphatic rings. The fraction of sp³-hybridized carbons (Fsp3) is 0.556. The lowest BCUT2D eigenvalue weighted by Crippen LogP contribution is -2.33. The molecule has 1 aromatic rings. The smallest absolute Gasteiger partial charge is 0.227 e. The first-order valence-corrected chi connectivity index (χ1v) is 8.56. The summed E-state index contributed by atoms with van der Waals surface area (Å²) < 4.78 is 0. The quantitative estimate of drug-likeness (QED) is 0.875. The summed E-state index contributed by atoms with van der Waals surface area (Å²) in [5.74, 6) is 0.269. The highest BCUT2D eigenvalue weighted by molar-refractivity contribution is 5.95. The van der Waals surface area contributed by atoms with Gasteiger partial charge in [0.2, 0.25) is 11.8 Å². The molecule has 1 aromatic carbocycles. The minimum atomic E-state index is -0.0541. The molecular formula is C18H25N3O2. The number of anilines is 1. The molecule has 2 unspecified atom stereocenters. The van der Waals surface area contributed by atoms with E-state index in [4.69, 9.17) is 0 Å². The van der Waals surface area contributed by atoms with Crippen LogP contribution in [0.15, 0.2) is 24.3 Å². The van der Waals surface area contributed by atoms with E-state index in [1.165, 1.54) is 0 Å². The van der Waals surface area contributed by atoms with Crippen molar-refractivity contribution in [3.05, 3.63) is 29.8 Å². The molecule has 0 aromatic heterocycles. The summed E-state index contributed by atoms with van der Waals surface area (Å²) in [6, 6.07) is 8.20. The summed E-state index contributed by atoms with van der Waals surface area (Å²) in [6.45, 7) is 3.79. The predicted octanol–water partition coefficient (Wildman–Crippen LogP) is 2.13. The van der Waals surface area contributed by atoms with E-state index in [9.17, 15) is 9.59 Å². The molecule has 2 atom stereocenters. The second-order valence-electron chi connectivity index (χ2n) is 6.53. The zero-order valence-electron chi connectivity index (χ0n) is 13.7. The molecule has 3 rings (SSSR count). The van der Waals surface area contributed by atoms with Crippen LogP contribution < -0.4 is 15.5 Å². The van der Waals surface area contributed by atoms with Crippen molar-refractivity contribution in [2.75, 3.05) is 18.0 Å². The molecule has 0 spiro atoms. The number of benzene rings is 1. The van der Waals surface area contributed by atoms with Gasteiger partial charge in [0, 0.05) is 31.1 Å². The first-order valence-electron chi connectivity index (χ1n) is 8.56. The zero-order valence-corrected chi connectivity index (χ0v) is 13.7. The van der Waals surface area contributed by atoms with Gasteiger partial charge < -0.3 is 15.5 Å². The van der Waals surface area contributed by atoms with E-state index in [0.717, 1.165) is 43.6 Å². The molecule has 2 saturated heterocycles. The first kappa shape index (κ1) is 16.0. The highest BCUT2D eigenvalue weighted by Crippen LogP contribution is 2.24.